The van der Waals surface area contributed by atoms with Gasteiger partial charge in [-0.15, -0.1) is 0 Å². The summed E-state index contributed by atoms with van der Waals surface area (Å²) in [6.45, 7) is 3.19. The second kappa shape index (κ2) is 9.57. The molecule has 0 aliphatic carbocycles. The van der Waals surface area contributed by atoms with Gasteiger partial charge in [-0.2, -0.15) is 0 Å². The number of ether oxygens (including phenoxy) is 1. The molecule has 2 aliphatic rings. The fourth-order valence-corrected chi connectivity index (χ4v) is 3.71. The normalized spacial score (nSPS) is 16.9. The third kappa shape index (κ3) is 5.00. The number of anilines is 3. The first-order chi connectivity index (χ1) is 15.1. The molecule has 1 aromatic carbocycles. The molecule has 3 heterocycles. The standard InChI is InChI=1S/C22H25N5O4/c28-19-4-1-5-20(29)27(19)18-8-6-17(7-9-18)25-22(30)24-15-16-3-2-10-23-21(16)26-11-13-31-14-12-26/h2-3,6-10H,1,4-5,11-15H2,(H2,24,25,30). The van der Waals surface area contributed by atoms with Crippen molar-refractivity contribution >= 4 is 35.0 Å². The summed E-state index contributed by atoms with van der Waals surface area (Å²) in [5, 5.41) is 5.62. The monoisotopic (exact) mass is 423 g/mol. The topological polar surface area (TPSA) is 104 Å². The van der Waals surface area contributed by atoms with E-state index in [1.54, 1.807) is 30.5 Å². The van der Waals surface area contributed by atoms with E-state index in [9.17, 15) is 14.4 Å². The largest absolute Gasteiger partial charge is 0.378 e. The van der Waals surface area contributed by atoms with E-state index in [-0.39, 0.29) is 17.8 Å². The molecule has 2 aliphatic heterocycles. The molecule has 4 rings (SSSR count). The minimum atomic E-state index is -0.352. The zero-order chi connectivity index (χ0) is 21.6. The van der Waals surface area contributed by atoms with E-state index in [2.05, 4.69) is 20.5 Å². The molecule has 0 atom stereocenters. The van der Waals surface area contributed by atoms with Crippen molar-refractivity contribution in [3.63, 3.8) is 0 Å². The Morgan fingerprint density at radius 1 is 1.03 bits per heavy atom. The van der Waals surface area contributed by atoms with Crippen molar-refractivity contribution in [2.75, 3.05) is 41.4 Å². The van der Waals surface area contributed by atoms with Gasteiger partial charge in [0.1, 0.15) is 5.82 Å². The van der Waals surface area contributed by atoms with Gasteiger partial charge in [-0.1, -0.05) is 6.07 Å². The summed E-state index contributed by atoms with van der Waals surface area (Å²) in [6, 6.07) is 10.1. The van der Waals surface area contributed by atoms with Crippen LogP contribution in [0, 0.1) is 0 Å². The number of pyridine rings is 1. The van der Waals surface area contributed by atoms with Crippen molar-refractivity contribution < 1.29 is 19.1 Å². The maximum atomic E-state index is 12.4. The molecule has 2 N–H and O–H groups in total. The molecular formula is C22H25N5O4. The van der Waals surface area contributed by atoms with Crippen LogP contribution < -0.4 is 20.4 Å². The van der Waals surface area contributed by atoms with Crippen LogP contribution in [-0.2, 0) is 20.9 Å². The van der Waals surface area contributed by atoms with Crippen molar-refractivity contribution in [1.82, 2.24) is 10.3 Å². The third-order valence-electron chi connectivity index (χ3n) is 5.28. The zero-order valence-electron chi connectivity index (χ0n) is 17.2. The number of carbonyl (C=O) groups excluding carboxylic acids is 3. The van der Waals surface area contributed by atoms with E-state index < -0.39 is 0 Å². The smallest absolute Gasteiger partial charge is 0.319 e. The van der Waals surface area contributed by atoms with Gasteiger partial charge in [-0.05, 0) is 36.8 Å². The van der Waals surface area contributed by atoms with Crippen molar-refractivity contribution in [2.45, 2.75) is 25.8 Å². The number of nitrogens with zero attached hydrogens (tertiary/aromatic N) is 3. The maximum Gasteiger partial charge on any atom is 0.319 e. The highest BCUT2D eigenvalue weighted by Gasteiger charge is 2.27. The van der Waals surface area contributed by atoms with Gasteiger partial charge in [0, 0.05) is 49.9 Å². The zero-order valence-corrected chi connectivity index (χ0v) is 17.2. The summed E-state index contributed by atoms with van der Waals surface area (Å²) in [4.78, 5) is 44.3. The van der Waals surface area contributed by atoms with E-state index in [0.29, 0.717) is 50.4 Å². The van der Waals surface area contributed by atoms with Crippen LogP contribution in [0.2, 0.25) is 0 Å². The number of aromatic nitrogens is 1. The Bertz CT molecular complexity index is 941. The van der Waals surface area contributed by atoms with Crippen LogP contribution in [-0.4, -0.2) is 49.1 Å². The third-order valence-corrected chi connectivity index (χ3v) is 5.28. The molecule has 2 saturated heterocycles. The molecule has 162 valence electrons. The number of rotatable bonds is 5. The van der Waals surface area contributed by atoms with E-state index in [0.717, 1.165) is 24.5 Å². The highest BCUT2D eigenvalue weighted by atomic mass is 16.5. The number of hydrogen-bond acceptors (Lipinski definition) is 6. The number of amides is 4. The summed E-state index contributed by atoms with van der Waals surface area (Å²) in [6.07, 6.45) is 3.08. The number of urea groups is 1. The predicted molar refractivity (Wildman–Crippen MR) is 116 cm³/mol. The van der Waals surface area contributed by atoms with E-state index in [1.807, 2.05) is 12.1 Å². The molecule has 2 aromatic rings. The second-order valence-corrected chi connectivity index (χ2v) is 7.42. The number of piperidine rings is 1. The Hall–Kier alpha value is -3.46. The van der Waals surface area contributed by atoms with Gasteiger partial charge >= 0.3 is 6.03 Å². The molecule has 1 aromatic heterocycles. The van der Waals surface area contributed by atoms with Crippen molar-refractivity contribution in [3.05, 3.63) is 48.2 Å². The minimum absolute atomic E-state index is 0.192. The molecule has 0 saturated carbocycles. The molecule has 0 radical (unpaired) electrons. The van der Waals surface area contributed by atoms with Gasteiger partial charge in [0.05, 0.1) is 18.9 Å². The Morgan fingerprint density at radius 2 is 1.74 bits per heavy atom. The minimum Gasteiger partial charge on any atom is -0.378 e. The van der Waals surface area contributed by atoms with E-state index in [4.69, 9.17) is 4.74 Å². The Balaban J connectivity index is 1.34. The molecule has 9 heteroatoms. The number of hydrogen-bond donors (Lipinski definition) is 2. The highest BCUT2D eigenvalue weighted by Crippen LogP contribution is 2.24. The molecule has 0 unspecified atom stereocenters. The summed E-state index contributed by atoms with van der Waals surface area (Å²) in [5.41, 5.74) is 2.01. The molecule has 2 fully saturated rings. The highest BCUT2D eigenvalue weighted by molar-refractivity contribution is 6.16. The van der Waals surface area contributed by atoms with Crippen LogP contribution in [0.25, 0.3) is 0 Å². The summed E-state index contributed by atoms with van der Waals surface area (Å²) in [7, 11) is 0. The van der Waals surface area contributed by atoms with Gasteiger partial charge < -0.3 is 20.3 Å². The fourth-order valence-electron chi connectivity index (χ4n) is 3.71. The van der Waals surface area contributed by atoms with Crippen LogP contribution in [0.5, 0.6) is 0 Å². The summed E-state index contributed by atoms with van der Waals surface area (Å²) in [5.74, 6) is 0.468. The number of carbonyl (C=O) groups is 3. The Labute approximate surface area is 180 Å². The van der Waals surface area contributed by atoms with Crippen molar-refractivity contribution in [2.24, 2.45) is 0 Å². The van der Waals surface area contributed by atoms with Crippen LogP contribution >= 0.6 is 0 Å². The average molecular weight is 423 g/mol. The van der Waals surface area contributed by atoms with Crippen molar-refractivity contribution in [3.8, 4) is 0 Å². The number of nitrogens with one attached hydrogen (secondary N) is 2. The lowest BCUT2D eigenvalue weighted by molar-refractivity contribution is -0.129. The first kappa shape index (κ1) is 20.8. The molecule has 0 spiro atoms. The van der Waals surface area contributed by atoms with Gasteiger partial charge in [0.15, 0.2) is 0 Å². The number of benzene rings is 1. The van der Waals surface area contributed by atoms with Crippen LogP contribution in [0.4, 0.5) is 22.0 Å². The number of imide groups is 1. The lowest BCUT2D eigenvalue weighted by Crippen LogP contribution is -2.40. The molecule has 4 amide bonds. The maximum absolute atomic E-state index is 12.4. The van der Waals surface area contributed by atoms with Gasteiger partial charge in [0.2, 0.25) is 11.8 Å². The van der Waals surface area contributed by atoms with Crippen LogP contribution in [0.1, 0.15) is 24.8 Å². The Kier molecular flexibility index (Phi) is 6.42. The fraction of sp³-hybridized carbons (Fsp3) is 0.364. The molecule has 9 nitrogen and oxygen atoms in total. The molecule has 0 bridgehead atoms. The molecular weight excluding hydrogens is 398 g/mol. The van der Waals surface area contributed by atoms with Gasteiger partial charge in [-0.3, -0.25) is 14.5 Å². The first-order valence-electron chi connectivity index (χ1n) is 10.4. The predicted octanol–water partition coefficient (Wildman–Crippen LogP) is 2.28. The van der Waals surface area contributed by atoms with Gasteiger partial charge in [-0.25, -0.2) is 9.78 Å². The lowest BCUT2D eigenvalue weighted by Gasteiger charge is -2.29. The van der Waals surface area contributed by atoms with Crippen molar-refractivity contribution in [1.29, 1.82) is 0 Å². The van der Waals surface area contributed by atoms with E-state index >= 15 is 0 Å². The van der Waals surface area contributed by atoms with Crippen LogP contribution in [0.3, 0.4) is 0 Å². The lowest BCUT2D eigenvalue weighted by atomic mass is 10.1. The number of morpholine rings is 1. The Morgan fingerprint density at radius 3 is 2.45 bits per heavy atom. The van der Waals surface area contributed by atoms with E-state index in [1.165, 1.54) is 4.90 Å². The average Bonchev–Trinajstić information content (AvgIpc) is 2.79. The first-order valence-corrected chi connectivity index (χ1v) is 10.4. The summed E-state index contributed by atoms with van der Waals surface area (Å²) < 4.78 is 5.39. The summed E-state index contributed by atoms with van der Waals surface area (Å²) >= 11 is 0. The quantitative estimate of drug-likeness (QED) is 0.715. The van der Waals surface area contributed by atoms with Gasteiger partial charge in [0.25, 0.3) is 0 Å². The SMILES string of the molecule is O=C(NCc1cccnc1N1CCOCC1)Nc1ccc(N2C(=O)CCCC2=O)cc1. The van der Waals surface area contributed by atoms with Crippen LogP contribution in [0.15, 0.2) is 42.6 Å². The second-order valence-electron chi connectivity index (χ2n) is 7.42. The molecule has 31 heavy (non-hydrogen) atoms.